The van der Waals surface area contributed by atoms with E-state index in [0.717, 1.165) is 25.3 Å². The summed E-state index contributed by atoms with van der Waals surface area (Å²) in [6.45, 7) is 8.75. The lowest BCUT2D eigenvalue weighted by Gasteiger charge is -2.13. The standard InChI is InChI=1S/C21H26N2O/c1-16-11-17(2)21(18(3)12-16)15-23-14-19-7-6-8-20(13-19)24-10-5-4-9-22/h6-8,11-13,23H,4-5,10,14-15H2,1-3H3. The second-order valence-corrected chi connectivity index (χ2v) is 6.24. The van der Waals surface area contributed by atoms with Crippen LogP contribution in [0.3, 0.4) is 0 Å². The molecule has 0 bridgehead atoms. The summed E-state index contributed by atoms with van der Waals surface area (Å²) in [5.41, 5.74) is 6.58. The summed E-state index contributed by atoms with van der Waals surface area (Å²) < 4.78 is 5.69. The van der Waals surface area contributed by atoms with Crippen LogP contribution >= 0.6 is 0 Å². The number of rotatable bonds is 8. The second-order valence-electron chi connectivity index (χ2n) is 6.24. The van der Waals surface area contributed by atoms with E-state index in [2.05, 4.69) is 56.4 Å². The van der Waals surface area contributed by atoms with Gasteiger partial charge in [-0.3, -0.25) is 0 Å². The van der Waals surface area contributed by atoms with Crippen LogP contribution in [0.15, 0.2) is 36.4 Å². The molecule has 2 aromatic carbocycles. The molecule has 24 heavy (non-hydrogen) atoms. The minimum atomic E-state index is 0.538. The molecular formula is C21H26N2O. The molecule has 0 unspecified atom stereocenters. The van der Waals surface area contributed by atoms with Gasteiger partial charge >= 0.3 is 0 Å². The van der Waals surface area contributed by atoms with Crippen LogP contribution in [0.5, 0.6) is 5.75 Å². The van der Waals surface area contributed by atoms with Crippen molar-refractivity contribution < 1.29 is 4.74 Å². The molecule has 0 amide bonds. The SMILES string of the molecule is Cc1cc(C)c(CNCc2cccc(OCCCC#N)c2)c(C)c1. The van der Waals surface area contributed by atoms with Crippen molar-refractivity contribution in [1.82, 2.24) is 5.32 Å². The van der Waals surface area contributed by atoms with Crippen molar-refractivity contribution in [3.05, 3.63) is 64.2 Å². The topological polar surface area (TPSA) is 45.0 Å². The highest BCUT2D eigenvalue weighted by atomic mass is 16.5. The molecule has 0 spiro atoms. The fourth-order valence-electron chi connectivity index (χ4n) is 2.91. The Morgan fingerprint density at radius 3 is 2.50 bits per heavy atom. The molecular weight excluding hydrogens is 296 g/mol. The Bertz CT molecular complexity index is 693. The lowest BCUT2D eigenvalue weighted by Crippen LogP contribution is -2.14. The predicted octanol–water partition coefficient (Wildman–Crippen LogP) is 4.58. The van der Waals surface area contributed by atoms with Gasteiger partial charge in [-0.05, 0) is 61.6 Å². The Labute approximate surface area is 145 Å². The lowest BCUT2D eigenvalue weighted by atomic mass is 10.00. The summed E-state index contributed by atoms with van der Waals surface area (Å²) in [5.74, 6) is 0.870. The predicted molar refractivity (Wildman–Crippen MR) is 98.0 cm³/mol. The molecule has 0 fully saturated rings. The van der Waals surface area contributed by atoms with E-state index in [1.807, 2.05) is 12.1 Å². The highest BCUT2D eigenvalue weighted by Gasteiger charge is 2.04. The van der Waals surface area contributed by atoms with E-state index in [1.165, 1.54) is 27.8 Å². The highest BCUT2D eigenvalue weighted by molar-refractivity contribution is 5.37. The van der Waals surface area contributed by atoms with Crippen LogP contribution < -0.4 is 10.1 Å². The zero-order chi connectivity index (χ0) is 17.4. The molecule has 0 radical (unpaired) electrons. The molecule has 0 aliphatic carbocycles. The van der Waals surface area contributed by atoms with Gasteiger partial charge in [-0.2, -0.15) is 5.26 Å². The summed E-state index contributed by atoms with van der Waals surface area (Å²) >= 11 is 0. The van der Waals surface area contributed by atoms with Crippen LogP contribution in [0.2, 0.25) is 0 Å². The summed E-state index contributed by atoms with van der Waals surface area (Å²) in [6.07, 6.45) is 1.31. The molecule has 3 heteroatoms. The maximum Gasteiger partial charge on any atom is 0.119 e. The van der Waals surface area contributed by atoms with Crippen LogP contribution in [0.25, 0.3) is 0 Å². The van der Waals surface area contributed by atoms with Gasteiger partial charge in [-0.25, -0.2) is 0 Å². The first-order valence-corrected chi connectivity index (χ1v) is 8.46. The van der Waals surface area contributed by atoms with Crippen molar-refractivity contribution in [3.8, 4) is 11.8 Å². The smallest absolute Gasteiger partial charge is 0.119 e. The number of nitrogens with one attached hydrogen (secondary N) is 1. The molecule has 2 aromatic rings. The molecule has 1 N–H and O–H groups in total. The van der Waals surface area contributed by atoms with E-state index in [-0.39, 0.29) is 0 Å². The minimum Gasteiger partial charge on any atom is -0.494 e. The van der Waals surface area contributed by atoms with E-state index < -0.39 is 0 Å². The van der Waals surface area contributed by atoms with Gasteiger partial charge in [-0.15, -0.1) is 0 Å². The van der Waals surface area contributed by atoms with Crippen molar-refractivity contribution in [3.63, 3.8) is 0 Å². The molecule has 0 aliphatic heterocycles. The highest BCUT2D eigenvalue weighted by Crippen LogP contribution is 2.17. The number of aryl methyl sites for hydroxylation is 3. The molecule has 0 saturated heterocycles. The second kappa shape index (κ2) is 9.10. The molecule has 0 heterocycles. The van der Waals surface area contributed by atoms with Crippen LogP contribution in [-0.4, -0.2) is 6.61 Å². The summed E-state index contributed by atoms with van der Waals surface area (Å²) in [6, 6.07) is 14.7. The number of nitriles is 1. The van der Waals surface area contributed by atoms with Gasteiger partial charge in [0.15, 0.2) is 0 Å². The van der Waals surface area contributed by atoms with E-state index in [4.69, 9.17) is 10.00 Å². The zero-order valence-electron chi connectivity index (χ0n) is 14.9. The first-order valence-electron chi connectivity index (χ1n) is 8.46. The van der Waals surface area contributed by atoms with Crippen LogP contribution in [-0.2, 0) is 13.1 Å². The molecule has 0 atom stereocenters. The number of benzene rings is 2. The Balaban J connectivity index is 1.88. The Kier molecular flexibility index (Phi) is 6.84. The van der Waals surface area contributed by atoms with Gasteiger partial charge in [0.05, 0.1) is 12.7 Å². The van der Waals surface area contributed by atoms with Crippen LogP contribution in [0.4, 0.5) is 0 Å². The Morgan fingerprint density at radius 1 is 1.04 bits per heavy atom. The van der Waals surface area contributed by atoms with Gasteiger partial charge in [0.25, 0.3) is 0 Å². The first kappa shape index (κ1) is 18.0. The third-order valence-electron chi connectivity index (χ3n) is 4.07. The maximum absolute atomic E-state index is 8.54. The fraction of sp³-hybridized carbons (Fsp3) is 0.381. The molecule has 126 valence electrons. The summed E-state index contributed by atoms with van der Waals surface area (Å²) in [7, 11) is 0. The van der Waals surface area contributed by atoms with E-state index in [9.17, 15) is 0 Å². The monoisotopic (exact) mass is 322 g/mol. The van der Waals surface area contributed by atoms with E-state index >= 15 is 0 Å². The number of ether oxygens (including phenoxy) is 1. The number of unbranched alkanes of at least 4 members (excludes halogenated alkanes) is 1. The summed E-state index contributed by atoms with van der Waals surface area (Å²) in [4.78, 5) is 0. The maximum atomic E-state index is 8.54. The normalized spacial score (nSPS) is 10.4. The largest absolute Gasteiger partial charge is 0.494 e. The van der Waals surface area contributed by atoms with Gasteiger partial charge in [-0.1, -0.05) is 29.8 Å². The number of hydrogen-bond acceptors (Lipinski definition) is 3. The van der Waals surface area contributed by atoms with Gasteiger partial charge < -0.3 is 10.1 Å². The van der Waals surface area contributed by atoms with Gasteiger partial charge in [0.1, 0.15) is 5.75 Å². The van der Waals surface area contributed by atoms with Crippen molar-refractivity contribution in [2.24, 2.45) is 0 Å². The molecule has 3 nitrogen and oxygen atoms in total. The molecule has 0 aliphatic rings. The number of hydrogen-bond donors (Lipinski definition) is 1. The quantitative estimate of drug-likeness (QED) is 0.723. The minimum absolute atomic E-state index is 0.538. The Hall–Kier alpha value is -2.31. The van der Waals surface area contributed by atoms with Crippen LogP contribution in [0.1, 0.15) is 40.7 Å². The van der Waals surface area contributed by atoms with Gasteiger partial charge in [0.2, 0.25) is 0 Å². The molecule has 0 aromatic heterocycles. The Morgan fingerprint density at radius 2 is 1.79 bits per heavy atom. The lowest BCUT2D eigenvalue weighted by molar-refractivity contribution is 0.312. The van der Waals surface area contributed by atoms with Crippen molar-refractivity contribution in [1.29, 1.82) is 5.26 Å². The molecule has 2 rings (SSSR count). The van der Waals surface area contributed by atoms with Crippen molar-refractivity contribution in [2.45, 2.75) is 46.7 Å². The van der Waals surface area contributed by atoms with Gasteiger partial charge in [0, 0.05) is 19.5 Å². The summed E-state index contributed by atoms with van der Waals surface area (Å²) in [5, 5.41) is 12.1. The van der Waals surface area contributed by atoms with Crippen LogP contribution in [0, 0.1) is 32.1 Å². The zero-order valence-corrected chi connectivity index (χ0v) is 14.9. The molecule has 0 saturated carbocycles. The average molecular weight is 322 g/mol. The van der Waals surface area contributed by atoms with E-state index in [0.29, 0.717) is 13.0 Å². The van der Waals surface area contributed by atoms with Crippen molar-refractivity contribution in [2.75, 3.05) is 6.61 Å². The average Bonchev–Trinajstić information content (AvgIpc) is 2.54. The van der Waals surface area contributed by atoms with Crippen molar-refractivity contribution >= 4 is 0 Å². The fourth-order valence-corrected chi connectivity index (χ4v) is 2.91. The third-order valence-corrected chi connectivity index (χ3v) is 4.07. The van der Waals surface area contributed by atoms with E-state index in [1.54, 1.807) is 0 Å². The first-order chi connectivity index (χ1) is 11.6. The third kappa shape index (κ3) is 5.40. The number of nitrogens with zero attached hydrogens (tertiary/aromatic N) is 1.